The minimum absolute atomic E-state index is 0.218. The van der Waals surface area contributed by atoms with E-state index in [2.05, 4.69) is 20.4 Å². The van der Waals surface area contributed by atoms with Crippen LogP contribution in [0.2, 0.25) is 0 Å². The van der Waals surface area contributed by atoms with Crippen LogP contribution in [-0.4, -0.2) is 21.0 Å². The van der Waals surface area contributed by atoms with Gasteiger partial charge in [-0.3, -0.25) is 9.78 Å². The number of amides is 1. The van der Waals surface area contributed by atoms with Gasteiger partial charge in [0.1, 0.15) is 11.9 Å². The Balaban J connectivity index is 1.62. The summed E-state index contributed by atoms with van der Waals surface area (Å²) in [5.41, 5.74) is 1.91. The van der Waals surface area contributed by atoms with Gasteiger partial charge in [0.2, 0.25) is 11.7 Å². The zero-order chi connectivity index (χ0) is 20.1. The maximum atomic E-state index is 13.5. The Morgan fingerprint density at radius 2 is 1.93 bits per heavy atom. The van der Waals surface area contributed by atoms with Crippen LogP contribution in [-0.2, 0) is 6.42 Å². The minimum Gasteiger partial charge on any atom is -0.340 e. The number of pyridine rings is 1. The van der Waals surface area contributed by atoms with Gasteiger partial charge in [-0.15, -0.1) is 0 Å². The van der Waals surface area contributed by atoms with Crippen LogP contribution in [0.3, 0.4) is 0 Å². The van der Waals surface area contributed by atoms with Crippen molar-refractivity contribution < 1.29 is 13.7 Å². The number of benzene rings is 2. The van der Waals surface area contributed by atoms with Crippen molar-refractivity contribution in [3.05, 3.63) is 102 Å². The van der Waals surface area contributed by atoms with Crippen molar-refractivity contribution in [3.8, 4) is 11.4 Å². The van der Waals surface area contributed by atoms with E-state index >= 15 is 0 Å². The molecule has 0 saturated heterocycles. The third kappa shape index (κ3) is 4.52. The van der Waals surface area contributed by atoms with E-state index in [0.717, 1.165) is 5.56 Å². The number of aromatic nitrogens is 3. The molecule has 4 aromatic rings. The van der Waals surface area contributed by atoms with E-state index in [4.69, 9.17) is 4.52 Å². The van der Waals surface area contributed by atoms with Crippen molar-refractivity contribution in [2.45, 2.75) is 12.5 Å². The van der Waals surface area contributed by atoms with E-state index in [1.165, 1.54) is 18.2 Å². The zero-order valence-corrected chi connectivity index (χ0v) is 15.3. The highest BCUT2D eigenvalue weighted by atomic mass is 19.1. The zero-order valence-electron chi connectivity index (χ0n) is 15.3. The number of hydrogen-bond acceptors (Lipinski definition) is 5. The first kappa shape index (κ1) is 18.5. The molecule has 144 valence electrons. The largest absolute Gasteiger partial charge is 0.340 e. The van der Waals surface area contributed by atoms with Gasteiger partial charge in [0, 0.05) is 29.9 Å². The van der Waals surface area contributed by atoms with Gasteiger partial charge in [-0.25, -0.2) is 4.39 Å². The summed E-state index contributed by atoms with van der Waals surface area (Å²) in [6.45, 7) is 0. The van der Waals surface area contributed by atoms with Crippen molar-refractivity contribution in [1.29, 1.82) is 0 Å². The van der Waals surface area contributed by atoms with E-state index in [-0.39, 0.29) is 11.5 Å². The summed E-state index contributed by atoms with van der Waals surface area (Å²) in [6, 6.07) is 18.2. The highest BCUT2D eigenvalue weighted by Crippen LogP contribution is 2.21. The number of carbonyl (C=O) groups is 1. The van der Waals surface area contributed by atoms with Gasteiger partial charge >= 0.3 is 0 Å². The molecular formula is C22H17FN4O2. The van der Waals surface area contributed by atoms with Gasteiger partial charge in [-0.05, 0) is 35.9 Å². The molecule has 0 spiro atoms. The maximum Gasteiger partial charge on any atom is 0.252 e. The number of halogens is 1. The molecule has 1 N–H and O–H groups in total. The van der Waals surface area contributed by atoms with E-state index in [1.807, 2.05) is 36.4 Å². The van der Waals surface area contributed by atoms with Gasteiger partial charge in [-0.2, -0.15) is 4.98 Å². The second-order valence-corrected chi connectivity index (χ2v) is 6.42. The summed E-state index contributed by atoms with van der Waals surface area (Å²) >= 11 is 0. The molecule has 1 atom stereocenters. The first-order valence-electron chi connectivity index (χ1n) is 9.03. The molecule has 0 unspecified atom stereocenters. The first-order valence-corrected chi connectivity index (χ1v) is 9.03. The summed E-state index contributed by atoms with van der Waals surface area (Å²) < 4.78 is 18.9. The molecule has 1 amide bonds. The molecule has 0 radical (unpaired) electrons. The molecular weight excluding hydrogens is 371 g/mol. The minimum atomic E-state index is -0.578. The fourth-order valence-corrected chi connectivity index (χ4v) is 2.91. The van der Waals surface area contributed by atoms with Crippen molar-refractivity contribution in [3.63, 3.8) is 0 Å². The fraction of sp³-hybridized carbons (Fsp3) is 0.0909. The smallest absolute Gasteiger partial charge is 0.252 e. The second-order valence-electron chi connectivity index (χ2n) is 6.42. The Morgan fingerprint density at radius 3 is 2.69 bits per heavy atom. The number of nitrogens with one attached hydrogen (secondary N) is 1. The van der Waals surface area contributed by atoms with Crippen molar-refractivity contribution in [2.75, 3.05) is 0 Å². The lowest BCUT2D eigenvalue weighted by atomic mass is 10.1. The van der Waals surface area contributed by atoms with E-state index in [9.17, 15) is 9.18 Å². The standard InChI is InChI=1S/C22H17FN4O2/c23-18-10-4-8-16(13-18)21(28)25-19(12-15-6-2-1-3-7-15)22-26-20(27-29-22)17-9-5-11-24-14-17/h1-11,13-14,19H,12H2,(H,25,28)/t19-/m0/s1. The van der Waals surface area contributed by atoms with Crippen LogP contribution < -0.4 is 5.32 Å². The van der Waals surface area contributed by atoms with Crippen LogP contribution in [0.1, 0.15) is 27.9 Å². The number of rotatable bonds is 6. The molecule has 4 rings (SSSR count). The average Bonchev–Trinajstić information content (AvgIpc) is 3.25. The Bertz CT molecular complexity index is 1100. The van der Waals surface area contributed by atoms with Gasteiger partial charge in [0.15, 0.2) is 0 Å². The molecule has 0 aliphatic heterocycles. The normalized spacial score (nSPS) is 11.8. The molecule has 6 nitrogen and oxygen atoms in total. The monoisotopic (exact) mass is 388 g/mol. The van der Waals surface area contributed by atoms with Crippen LogP contribution >= 0.6 is 0 Å². The SMILES string of the molecule is O=C(N[C@@H](Cc1ccccc1)c1nc(-c2cccnc2)no1)c1cccc(F)c1. The highest BCUT2D eigenvalue weighted by Gasteiger charge is 2.23. The lowest BCUT2D eigenvalue weighted by molar-refractivity contribution is 0.0927. The summed E-state index contributed by atoms with van der Waals surface area (Å²) in [5.74, 6) is -0.260. The third-order valence-electron chi connectivity index (χ3n) is 4.33. The van der Waals surface area contributed by atoms with Gasteiger partial charge in [-0.1, -0.05) is 41.6 Å². The third-order valence-corrected chi connectivity index (χ3v) is 4.33. The first-order chi connectivity index (χ1) is 14.2. The lowest BCUT2D eigenvalue weighted by Gasteiger charge is -2.15. The second kappa shape index (κ2) is 8.43. The van der Waals surface area contributed by atoms with Crippen LogP contribution in [0.5, 0.6) is 0 Å². The van der Waals surface area contributed by atoms with E-state index in [1.54, 1.807) is 24.5 Å². The maximum absolute atomic E-state index is 13.5. The highest BCUT2D eigenvalue weighted by molar-refractivity contribution is 5.94. The van der Waals surface area contributed by atoms with E-state index in [0.29, 0.717) is 17.8 Å². The van der Waals surface area contributed by atoms with Crippen LogP contribution in [0.25, 0.3) is 11.4 Å². The molecule has 2 aromatic heterocycles. The van der Waals surface area contributed by atoms with Crippen LogP contribution in [0.4, 0.5) is 4.39 Å². The molecule has 7 heteroatoms. The van der Waals surface area contributed by atoms with Gasteiger partial charge < -0.3 is 9.84 Å². The van der Waals surface area contributed by atoms with Crippen LogP contribution in [0, 0.1) is 5.82 Å². The van der Waals surface area contributed by atoms with Crippen molar-refractivity contribution >= 4 is 5.91 Å². The topological polar surface area (TPSA) is 80.9 Å². The molecule has 2 aromatic carbocycles. The van der Waals surface area contributed by atoms with Crippen molar-refractivity contribution in [2.24, 2.45) is 0 Å². The number of carbonyl (C=O) groups excluding carboxylic acids is 1. The summed E-state index contributed by atoms with van der Waals surface area (Å²) in [6.07, 6.45) is 3.73. The Labute approximate surface area is 166 Å². The number of nitrogens with zero attached hydrogens (tertiary/aromatic N) is 3. The van der Waals surface area contributed by atoms with Crippen molar-refractivity contribution in [1.82, 2.24) is 20.4 Å². The Hall–Kier alpha value is -3.87. The van der Waals surface area contributed by atoms with E-state index < -0.39 is 17.8 Å². The predicted octanol–water partition coefficient (Wildman–Crippen LogP) is 3.98. The number of hydrogen-bond donors (Lipinski definition) is 1. The Morgan fingerprint density at radius 1 is 1.07 bits per heavy atom. The van der Waals surface area contributed by atoms with Gasteiger partial charge in [0.05, 0.1) is 0 Å². The molecule has 0 fully saturated rings. The molecule has 29 heavy (non-hydrogen) atoms. The summed E-state index contributed by atoms with van der Waals surface area (Å²) in [7, 11) is 0. The summed E-state index contributed by atoms with van der Waals surface area (Å²) in [5, 5.41) is 6.88. The lowest BCUT2D eigenvalue weighted by Crippen LogP contribution is -2.30. The molecule has 0 bridgehead atoms. The average molecular weight is 388 g/mol. The quantitative estimate of drug-likeness (QED) is 0.540. The molecule has 0 aliphatic rings. The fourth-order valence-electron chi connectivity index (χ4n) is 2.91. The summed E-state index contributed by atoms with van der Waals surface area (Å²) in [4.78, 5) is 21.2. The van der Waals surface area contributed by atoms with Gasteiger partial charge in [0.25, 0.3) is 5.91 Å². The molecule has 0 saturated carbocycles. The molecule has 2 heterocycles. The van der Waals surface area contributed by atoms with Crippen LogP contribution in [0.15, 0.2) is 83.6 Å². The Kier molecular flexibility index (Phi) is 5.38. The molecule has 0 aliphatic carbocycles. The predicted molar refractivity (Wildman–Crippen MR) is 104 cm³/mol.